The highest BCUT2D eigenvalue weighted by molar-refractivity contribution is 5.97. The van der Waals surface area contributed by atoms with Gasteiger partial charge in [0.15, 0.2) is 0 Å². The second kappa shape index (κ2) is 4.72. The van der Waals surface area contributed by atoms with Gasteiger partial charge in [0.25, 0.3) is 5.91 Å². The molecule has 2 aromatic rings. The largest absolute Gasteiger partial charge is 0.352 e. The van der Waals surface area contributed by atoms with Gasteiger partial charge >= 0.3 is 0 Å². The minimum Gasteiger partial charge on any atom is -0.352 e. The first-order valence-electron chi connectivity index (χ1n) is 7.62. The second-order valence-corrected chi connectivity index (χ2v) is 6.30. The molecule has 2 aliphatic carbocycles. The van der Waals surface area contributed by atoms with Gasteiger partial charge in [-0.25, -0.2) is 4.98 Å². The number of nitrogens with zero attached hydrogens (tertiary/aromatic N) is 1. The Labute approximate surface area is 123 Å². The molecule has 21 heavy (non-hydrogen) atoms. The average Bonchev–Trinajstić information content (AvgIpc) is 3.17. The molecule has 1 fully saturated rings. The molecule has 1 aromatic carbocycles. The van der Waals surface area contributed by atoms with Crippen molar-refractivity contribution in [2.45, 2.75) is 19.8 Å². The number of fused-ring (bicyclic) bond motifs is 3. The highest BCUT2D eigenvalue weighted by Crippen LogP contribution is 2.42. The summed E-state index contributed by atoms with van der Waals surface area (Å²) in [6, 6.07) is 5.62. The van der Waals surface area contributed by atoms with E-state index in [1.54, 1.807) is 0 Å². The molecule has 0 saturated heterocycles. The number of imidazole rings is 1. The standard InChI is InChI=1S/C17H19N3O/c1-10-19-15-5-4-13(8-16(15)20-10)17(21)18-9-14-7-11-2-3-12(14)6-11/h2-5,8,11-12,14H,6-7,9H2,1H3,(H,18,21)(H,19,20)/t11-,12-,14+/m0/s1. The molecule has 1 saturated carbocycles. The van der Waals surface area contributed by atoms with Crippen molar-refractivity contribution in [3.05, 3.63) is 41.7 Å². The molecule has 2 aliphatic rings. The van der Waals surface area contributed by atoms with Crippen LogP contribution in [0, 0.1) is 24.7 Å². The molecule has 1 amide bonds. The zero-order chi connectivity index (χ0) is 14.4. The van der Waals surface area contributed by atoms with E-state index in [4.69, 9.17) is 0 Å². The minimum atomic E-state index is 0.0101. The molecule has 2 bridgehead atoms. The maximum Gasteiger partial charge on any atom is 0.251 e. The quantitative estimate of drug-likeness (QED) is 0.850. The third kappa shape index (κ3) is 2.24. The number of amides is 1. The molecule has 0 radical (unpaired) electrons. The van der Waals surface area contributed by atoms with E-state index in [9.17, 15) is 4.79 Å². The van der Waals surface area contributed by atoms with Crippen molar-refractivity contribution in [1.29, 1.82) is 0 Å². The number of benzene rings is 1. The summed E-state index contributed by atoms with van der Waals surface area (Å²) >= 11 is 0. The molecule has 0 aliphatic heterocycles. The molecule has 1 aromatic heterocycles. The van der Waals surface area contributed by atoms with E-state index in [0.717, 1.165) is 29.3 Å². The third-order valence-electron chi connectivity index (χ3n) is 4.80. The van der Waals surface area contributed by atoms with Gasteiger partial charge in [0.1, 0.15) is 5.82 Å². The average molecular weight is 281 g/mol. The van der Waals surface area contributed by atoms with Gasteiger partial charge in [-0.3, -0.25) is 4.79 Å². The molecular weight excluding hydrogens is 262 g/mol. The number of hydrogen-bond donors (Lipinski definition) is 2. The summed E-state index contributed by atoms with van der Waals surface area (Å²) in [7, 11) is 0. The van der Waals surface area contributed by atoms with Crippen molar-refractivity contribution in [2.24, 2.45) is 17.8 Å². The molecule has 1 heterocycles. The van der Waals surface area contributed by atoms with Crippen molar-refractivity contribution in [3.8, 4) is 0 Å². The fourth-order valence-electron chi connectivity index (χ4n) is 3.73. The Bertz CT molecular complexity index is 731. The van der Waals surface area contributed by atoms with Crippen molar-refractivity contribution < 1.29 is 4.79 Å². The topological polar surface area (TPSA) is 57.8 Å². The Morgan fingerprint density at radius 2 is 2.29 bits per heavy atom. The number of aryl methyl sites for hydroxylation is 1. The fraction of sp³-hybridized carbons (Fsp3) is 0.412. The van der Waals surface area contributed by atoms with Crippen LogP contribution in [0.3, 0.4) is 0 Å². The first-order chi connectivity index (χ1) is 10.2. The molecule has 4 heteroatoms. The number of aromatic amines is 1. The van der Waals surface area contributed by atoms with Gasteiger partial charge in [-0.1, -0.05) is 12.2 Å². The summed E-state index contributed by atoms with van der Waals surface area (Å²) in [6.07, 6.45) is 7.15. The Balaban J connectivity index is 1.45. The Hall–Kier alpha value is -2.10. The minimum absolute atomic E-state index is 0.0101. The van der Waals surface area contributed by atoms with E-state index in [2.05, 4.69) is 27.4 Å². The van der Waals surface area contributed by atoms with Gasteiger partial charge in [-0.05, 0) is 55.7 Å². The monoisotopic (exact) mass is 281 g/mol. The molecule has 2 N–H and O–H groups in total. The van der Waals surface area contributed by atoms with Crippen LogP contribution >= 0.6 is 0 Å². The van der Waals surface area contributed by atoms with Crippen LogP contribution < -0.4 is 5.32 Å². The zero-order valence-electron chi connectivity index (χ0n) is 12.1. The molecule has 3 atom stereocenters. The Morgan fingerprint density at radius 1 is 1.38 bits per heavy atom. The Morgan fingerprint density at radius 3 is 3.05 bits per heavy atom. The van der Waals surface area contributed by atoms with Crippen molar-refractivity contribution in [1.82, 2.24) is 15.3 Å². The summed E-state index contributed by atoms with van der Waals surface area (Å²) in [5.41, 5.74) is 2.52. The van der Waals surface area contributed by atoms with Crippen LogP contribution in [-0.2, 0) is 0 Å². The molecule has 4 nitrogen and oxygen atoms in total. The van der Waals surface area contributed by atoms with Crippen LogP contribution in [0.5, 0.6) is 0 Å². The van der Waals surface area contributed by atoms with Gasteiger partial charge in [0.2, 0.25) is 0 Å². The first kappa shape index (κ1) is 12.6. The number of H-pyrrole nitrogens is 1. The predicted molar refractivity (Wildman–Crippen MR) is 82.0 cm³/mol. The fourth-order valence-corrected chi connectivity index (χ4v) is 3.73. The van der Waals surface area contributed by atoms with Gasteiger partial charge in [-0.15, -0.1) is 0 Å². The van der Waals surface area contributed by atoms with Crippen molar-refractivity contribution >= 4 is 16.9 Å². The normalized spacial score (nSPS) is 26.6. The van der Waals surface area contributed by atoms with Gasteiger partial charge in [0.05, 0.1) is 11.0 Å². The van der Waals surface area contributed by atoms with Crippen LogP contribution in [0.1, 0.15) is 29.0 Å². The van der Waals surface area contributed by atoms with Gasteiger partial charge in [0, 0.05) is 12.1 Å². The molecular formula is C17H19N3O. The van der Waals surface area contributed by atoms with E-state index < -0.39 is 0 Å². The van der Waals surface area contributed by atoms with Crippen molar-refractivity contribution in [2.75, 3.05) is 6.54 Å². The molecule has 0 unspecified atom stereocenters. The van der Waals surface area contributed by atoms with Crippen LogP contribution in [0.4, 0.5) is 0 Å². The van der Waals surface area contributed by atoms with Gasteiger partial charge < -0.3 is 10.3 Å². The maximum absolute atomic E-state index is 12.3. The number of allylic oxidation sites excluding steroid dienone is 2. The second-order valence-electron chi connectivity index (χ2n) is 6.30. The molecule has 0 spiro atoms. The summed E-state index contributed by atoms with van der Waals surface area (Å²) in [5.74, 6) is 2.92. The van der Waals surface area contributed by atoms with Crippen LogP contribution in [-0.4, -0.2) is 22.4 Å². The predicted octanol–water partition coefficient (Wildman–Crippen LogP) is 2.81. The number of aromatic nitrogens is 2. The van der Waals surface area contributed by atoms with E-state index in [1.807, 2.05) is 25.1 Å². The number of hydrogen-bond acceptors (Lipinski definition) is 2. The van der Waals surface area contributed by atoms with E-state index in [1.165, 1.54) is 12.8 Å². The summed E-state index contributed by atoms with van der Waals surface area (Å²) in [6.45, 7) is 2.70. The highest BCUT2D eigenvalue weighted by atomic mass is 16.1. The summed E-state index contributed by atoms with van der Waals surface area (Å²) < 4.78 is 0. The van der Waals surface area contributed by atoms with Crippen molar-refractivity contribution in [3.63, 3.8) is 0 Å². The smallest absolute Gasteiger partial charge is 0.251 e. The number of rotatable bonds is 3. The third-order valence-corrected chi connectivity index (χ3v) is 4.80. The molecule has 108 valence electrons. The lowest BCUT2D eigenvalue weighted by molar-refractivity contribution is 0.0945. The molecule has 4 rings (SSSR count). The number of carbonyl (C=O) groups is 1. The highest BCUT2D eigenvalue weighted by Gasteiger charge is 2.35. The summed E-state index contributed by atoms with van der Waals surface area (Å²) in [4.78, 5) is 19.8. The van der Waals surface area contributed by atoms with Crippen LogP contribution in [0.25, 0.3) is 11.0 Å². The van der Waals surface area contributed by atoms with E-state index >= 15 is 0 Å². The Kier molecular flexibility index (Phi) is 2.84. The zero-order valence-corrected chi connectivity index (χ0v) is 12.1. The van der Waals surface area contributed by atoms with Crippen LogP contribution in [0.15, 0.2) is 30.4 Å². The van der Waals surface area contributed by atoms with Gasteiger partial charge in [-0.2, -0.15) is 0 Å². The lowest BCUT2D eigenvalue weighted by atomic mass is 9.93. The SMILES string of the molecule is Cc1nc2ccc(C(=O)NC[C@H]3C[C@H]4C=C[C@H]3C4)cc2[nH]1. The maximum atomic E-state index is 12.3. The summed E-state index contributed by atoms with van der Waals surface area (Å²) in [5, 5.41) is 3.09. The lowest BCUT2D eigenvalue weighted by Gasteiger charge is -2.18. The van der Waals surface area contributed by atoms with E-state index in [-0.39, 0.29) is 5.91 Å². The van der Waals surface area contributed by atoms with Crippen LogP contribution in [0.2, 0.25) is 0 Å². The van der Waals surface area contributed by atoms with E-state index in [0.29, 0.717) is 17.4 Å². The number of nitrogens with one attached hydrogen (secondary N) is 2. The first-order valence-corrected chi connectivity index (χ1v) is 7.62. The number of carbonyl (C=O) groups excluding carboxylic acids is 1. The lowest BCUT2D eigenvalue weighted by Crippen LogP contribution is -2.30.